The second kappa shape index (κ2) is 7.30. The third-order valence-electron chi connectivity index (χ3n) is 3.12. The van der Waals surface area contributed by atoms with Gasteiger partial charge in [0.25, 0.3) is 0 Å². The van der Waals surface area contributed by atoms with E-state index in [9.17, 15) is 4.79 Å². The molecule has 0 unspecified atom stereocenters. The van der Waals surface area contributed by atoms with Crippen molar-refractivity contribution in [3.8, 4) is 0 Å². The van der Waals surface area contributed by atoms with Crippen LogP contribution < -0.4 is 0 Å². The van der Waals surface area contributed by atoms with E-state index in [2.05, 4.69) is 13.8 Å². The molecule has 2 heteroatoms. The molecular formula is C18H20OS. The lowest BCUT2D eigenvalue weighted by Gasteiger charge is -2.09. The van der Waals surface area contributed by atoms with Crippen LogP contribution in [0.4, 0.5) is 0 Å². The van der Waals surface area contributed by atoms with Gasteiger partial charge in [-0.05, 0) is 30.2 Å². The Morgan fingerprint density at radius 1 is 1.00 bits per heavy atom. The molecule has 0 N–H and O–H groups in total. The van der Waals surface area contributed by atoms with Crippen molar-refractivity contribution in [1.29, 1.82) is 0 Å². The molecule has 0 fully saturated rings. The average molecular weight is 284 g/mol. The molecule has 0 aromatic heterocycles. The molecule has 2 aromatic carbocycles. The van der Waals surface area contributed by atoms with E-state index in [0.717, 1.165) is 21.8 Å². The maximum absolute atomic E-state index is 12.6. The fraction of sp³-hybridized carbons (Fsp3) is 0.278. The molecule has 0 bridgehead atoms. The van der Waals surface area contributed by atoms with Crippen LogP contribution in [0, 0.1) is 5.92 Å². The van der Waals surface area contributed by atoms with Crippen molar-refractivity contribution in [2.24, 2.45) is 5.92 Å². The standard InChI is InChI=1S/C18H20OS/c1-14(2)12-13-20-17-11-7-6-10-16(17)18(19)15-8-4-3-5-9-15/h3-11,14H,12-13H2,1-2H3. The Bertz CT molecular complexity index is 561. The van der Waals surface area contributed by atoms with Crippen LogP contribution in [0.25, 0.3) is 0 Å². The maximum atomic E-state index is 12.6. The van der Waals surface area contributed by atoms with E-state index in [1.807, 2.05) is 54.6 Å². The largest absolute Gasteiger partial charge is 0.289 e. The summed E-state index contributed by atoms with van der Waals surface area (Å²) in [7, 11) is 0. The van der Waals surface area contributed by atoms with Crippen LogP contribution in [-0.2, 0) is 0 Å². The first kappa shape index (κ1) is 14.9. The molecule has 0 aliphatic heterocycles. The molecule has 0 spiro atoms. The summed E-state index contributed by atoms with van der Waals surface area (Å²) in [5.74, 6) is 1.86. The van der Waals surface area contributed by atoms with Gasteiger partial charge in [0.2, 0.25) is 0 Å². The molecule has 104 valence electrons. The first-order valence-corrected chi connectivity index (χ1v) is 7.98. The lowest BCUT2D eigenvalue weighted by atomic mass is 10.0. The van der Waals surface area contributed by atoms with Gasteiger partial charge >= 0.3 is 0 Å². The predicted molar refractivity (Wildman–Crippen MR) is 86.5 cm³/mol. The Labute approximate surface area is 125 Å². The Hall–Kier alpha value is -1.54. The van der Waals surface area contributed by atoms with Crippen molar-refractivity contribution < 1.29 is 4.79 Å². The molecule has 0 aliphatic carbocycles. The molecule has 0 radical (unpaired) electrons. The summed E-state index contributed by atoms with van der Waals surface area (Å²) in [4.78, 5) is 13.6. The average Bonchev–Trinajstić information content (AvgIpc) is 2.47. The van der Waals surface area contributed by atoms with E-state index in [1.165, 1.54) is 6.42 Å². The van der Waals surface area contributed by atoms with Crippen molar-refractivity contribution >= 4 is 17.5 Å². The van der Waals surface area contributed by atoms with E-state index in [0.29, 0.717) is 5.92 Å². The van der Waals surface area contributed by atoms with Crippen molar-refractivity contribution in [2.45, 2.75) is 25.2 Å². The summed E-state index contributed by atoms with van der Waals surface area (Å²) in [6.45, 7) is 4.45. The quantitative estimate of drug-likeness (QED) is 0.545. The summed E-state index contributed by atoms with van der Waals surface area (Å²) in [5, 5.41) is 0. The monoisotopic (exact) mass is 284 g/mol. The molecule has 2 aromatic rings. The van der Waals surface area contributed by atoms with E-state index in [-0.39, 0.29) is 5.78 Å². The molecule has 0 atom stereocenters. The highest BCUT2D eigenvalue weighted by Gasteiger charge is 2.13. The highest BCUT2D eigenvalue weighted by atomic mass is 32.2. The van der Waals surface area contributed by atoms with Crippen LogP contribution in [-0.4, -0.2) is 11.5 Å². The van der Waals surface area contributed by atoms with Crippen molar-refractivity contribution in [3.05, 3.63) is 65.7 Å². The van der Waals surface area contributed by atoms with Gasteiger partial charge in [0.1, 0.15) is 0 Å². The lowest BCUT2D eigenvalue weighted by molar-refractivity contribution is 0.103. The molecule has 0 saturated carbocycles. The Morgan fingerprint density at radius 2 is 1.65 bits per heavy atom. The second-order valence-corrected chi connectivity index (χ2v) is 6.36. The lowest BCUT2D eigenvalue weighted by Crippen LogP contribution is -2.03. The van der Waals surface area contributed by atoms with E-state index in [1.54, 1.807) is 11.8 Å². The zero-order chi connectivity index (χ0) is 14.4. The SMILES string of the molecule is CC(C)CCSc1ccccc1C(=O)c1ccccc1. The van der Waals surface area contributed by atoms with Crippen molar-refractivity contribution in [1.82, 2.24) is 0 Å². The molecule has 0 heterocycles. The Morgan fingerprint density at radius 3 is 2.35 bits per heavy atom. The van der Waals surface area contributed by atoms with Crippen molar-refractivity contribution in [2.75, 3.05) is 5.75 Å². The number of hydrogen-bond donors (Lipinski definition) is 0. The molecule has 0 amide bonds. The van der Waals surface area contributed by atoms with Crippen LogP contribution >= 0.6 is 11.8 Å². The number of carbonyl (C=O) groups is 1. The maximum Gasteiger partial charge on any atom is 0.194 e. The van der Waals surface area contributed by atoms with Gasteiger partial charge in [0, 0.05) is 16.0 Å². The second-order valence-electron chi connectivity index (χ2n) is 5.22. The normalized spacial score (nSPS) is 10.8. The van der Waals surface area contributed by atoms with Crippen LogP contribution in [0.5, 0.6) is 0 Å². The number of ketones is 1. The van der Waals surface area contributed by atoms with E-state index >= 15 is 0 Å². The molecule has 2 rings (SSSR count). The molecule has 0 saturated heterocycles. The summed E-state index contributed by atoms with van der Waals surface area (Å²) in [5.41, 5.74) is 1.57. The zero-order valence-electron chi connectivity index (χ0n) is 12.0. The van der Waals surface area contributed by atoms with Gasteiger partial charge in [-0.25, -0.2) is 0 Å². The Kier molecular flexibility index (Phi) is 5.42. The minimum atomic E-state index is 0.109. The zero-order valence-corrected chi connectivity index (χ0v) is 12.8. The fourth-order valence-corrected chi connectivity index (χ4v) is 3.23. The van der Waals surface area contributed by atoms with Gasteiger partial charge in [-0.1, -0.05) is 56.3 Å². The number of thioether (sulfide) groups is 1. The molecule has 1 nitrogen and oxygen atoms in total. The van der Waals surface area contributed by atoms with Gasteiger partial charge in [0.15, 0.2) is 5.78 Å². The van der Waals surface area contributed by atoms with E-state index in [4.69, 9.17) is 0 Å². The minimum absolute atomic E-state index is 0.109. The number of benzene rings is 2. The smallest absolute Gasteiger partial charge is 0.194 e. The van der Waals surface area contributed by atoms with Gasteiger partial charge < -0.3 is 0 Å². The topological polar surface area (TPSA) is 17.1 Å². The first-order chi connectivity index (χ1) is 9.68. The summed E-state index contributed by atoms with van der Waals surface area (Å²) >= 11 is 1.78. The third kappa shape index (κ3) is 3.97. The molecule has 20 heavy (non-hydrogen) atoms. The minimum Gasteiger partial charge on any atom is -0.289 e. The molecular weight excluding hydrogens is 264 g/mol. The van der Waals surface area contributed by atoms with Gasteiger partial charge in [-0.15, -0.1) is 11.8 Å². The number of rotatable bonds is 6. The predicted octanol–water partition coefficient (Wildman–Crippen LogP) is 5.06. The third-order valence-corrected chi connectivity index (χ3v) is 4.23. The summed E-state index contributed by atoms with van der Waals surface area (Å²) < 4.78 is 0. The van der Waals surface area contributed by atoms with Crippen LogP contribution in [0.2, 0.25) is 0 Å². The Balaban J connectivity index is 2.17. The summed E-state index contributed by atoms with van der Waals surface area (Å²) in [6, 6.07) is 17.4. The van der Waals surface area contributed by atoms with Crippen LogP contribution in [0.1, 0.15) is 36.2 Å². The van der Waals surface area contributed by atoms with Gasteiger partial charge in [-0.3, -0.25) is 4.79 Å². The highest BCUT2D eigenvalue weighted by molar-refractivity contribution is 7.99. The van der Waals surface area contributed by atoms with Gasteiger partial charge in [0.05, 0.1) is 0 Å². The van der Waals surface area contributed by atoms with Crippen molar-refractivity contribution in [3.63, 3.8) is 0 Å². The van der Waals surface area contributed by atoms with Crippen LogP contribution in [0.15, 0.2) is 59.5 Å². The number of hydrogen-bond acceptors (Lipinski definition) is 2. The molecule has 0 aliphatic rings. The first-order valence-electron chi connectivity index (χ1n) is 7.00. The number of carbonyl (C=O) groups excluding carboxylic acids is 1. The highest BCUT2D eigenvalue weighted by Crippen LogP contribution is 2.26. The van der Waals surface area contributed by atoms with Gasteiger partial charge in [-0.2, -0.15) is 0 Å². The summed E-state index contributed by atoms with van der Waals surface area (Å²) in [6.07, 6.45) is 1.17. The fourth-order valence-electron chi connectivity index (χ4n) is 1.93. The van der Waals surface area contributed by atoms with Crippen LogP contribution in [0.3, 0.4) is 0 Å². The van der Waals surface area contributed by atoms with E-state index < -0.39 is 0 Å².